The number of nitrogen functional groups attached to an aromatic ring is 1. The van der Waals surface area contributed by atoms with Gasteiger partial charge in [0.15, 0.2) is 0 Å². The van der Waals surface area contributed by atoms with Crippen LogP contribution in [0.1, 0.15) is 23.1 Å². The molecule has 0 saturated carbocycles. The Morgan fingerprint density at radius 3 is 2.63 bits per heavy atom. The minimum absolute atomic E-state index is 0.0856. The van der Waals surface area contributed by atoms with Gasteiger partial charge in [-0.3, -0.25) is 4.79 Å². The maximum absolute atomic E-state index is 11.8. The first-order chi connectivity index (χ1) is 9.15. The number of hydrogen-bond donors (Lipinski definition) is 2. The molecule has 0 aliphatic rings. The Hall–Kier alpha value is -1.81. The molecule has 0 aliphatic heterocycles. The second-order valence-corrected chi connectivity index (χ2v) is 5.34. The second-order valence-electron chi connectivity index (χ2n) is 4.60. The molecule has 100 valence electrons. The lowest BCUT2D eigenvalue weighted by Gasteiger charge is -2.05. The molecule has 0 aliphatic carbocycles. The van der Waals surface area contributed by atoms with Crippen molar-refractivity contribution in [1.82, 2.24) is 5.32 Å². The van der Waals surface area contributed by atoms with E-state index in [-0.39, 0.29) is 5.91 Å². The maximum atomic E-state index is 11.8. The Bertz CT molecular complexity index is 546. The number of anilines is 1. The van der Waals surface area contributed by atoms with Crippen LogP contribution in [0.2, 0.25) is 0 Å². The summed E-state index contributed by atoms with van der Waals surface area (Å²) in [6, 6.07) is 7.65. The Labute approximate surface area is 117 Å². The third-order valence-corrected chi connectivity index (χ3v) is 3.97. The lowest BCUT2D eigenvalue weighted by atomic mass is 10.1. The van der Waals surface area contributed by atoms with Crippen molar-refractivity contribution in [3.05, 3.63) is 51.7 Å². The number of rotatable bonds is 5. The first kappa shape index (κ1) is 13.6. The van der Waals surface area contributed by atoms with Crippen LogP contribution in [0.3, 0.4) is 0 Å². The Balaban J connectivity index is 1.76. The summed E-state index contributed by atoms with van der Waals surface area (Å²) in [6.45, 7) is 2.68. The van der Waals surface area contributed by atoms with Crippen molar-refractivity contribution >= 4 is 22.9 Å². The number of carbonyl (C=O) groups excluding carboxylic acids is 1. The summed E-state index contributed by atoms with van der Waals surface area (Å²) < 4.78 is 0. The molecular formula is C15H18N2OS. The van der Waals surface area contributed by atoms with Crippen LogP contribution in [-0.2, 0) is 17.8 Å². The lowest BCUT2D eigenvalue weighted by Crippen LogP contribution is -2.23. The molecule has 0 spiro atoms. The zero-order chi connectivity index (χ0) is 13.7. The standard InChI is InChI=1S/C15H18N2OS/c1-11-9-19-10-13(11)8-17-15(18)7-4-12-2-5-14(16)6-3-12/h2-3,5-6,9-10H,4,7-8,16H2,1H3,(H,17,18). The molecule has 0 bridgehead atoms. The molecule has 0 unspecified atom stereocenters. The summed E-state index contributed by atoms with van der Waals surface area (Å²) in [6.07, 6.45) is 1.25. The molecule has 3 nitrogen and oxygen atoms in total. The van der Waals surface area contributed by atoms with Gasteiger partial charge in [-0.05, 0) is 52.9 Å². The van der Waals surface area contributed by atoms with Crippen LogP contribution < -0.4 is 11.1 Å². The molecule has 1 aromatic carbocycles. The van der Waals surface area contributed by atoms with E-state index in [0.717, 1.165) is 17.7 Å². The van der Waals surface area contributed by atoms with Gasteiger partial charge in [0.2, 0.25) is 5.91 Å². The zero-order valence-electron chi connectivity index (χ0n) is 11.0. The summed E-state index contributed by atoms with van der Waals surface area (Å²) in [5, 5.41) is 7.12. The minimum atomic E-state index is 0.0856. The summed E-state index contributed by atoms with van der Waals surface area (Å²) in [5.74, 6) is 0.0856. The SMILES string of the molecule is Cc1cscc1CNC(=O)CCc1ccc(N)cc1. The van der Waals surface area contributed by atoms with E-state index in [1.54, 1.807) is 11.3 Å². The van der Waals surface area contributed by atoms with Gasteiger partial charge in [-0.2, -0.15) is 11.3 Å². The van der Waals surface area contributed by atoms with E-state index in [4.69, 9.17) is 5.73 Å². The predicted molar refractivity (Wildman–Crippen MR) is 80.1 cm³/mol. The normalized spacial score (nSPS) is 10.4. The zero-order valence-corrected chi connectivity index (χ0v) is 11.8. The monoisotopic (exact) mass is 274 g/mol. The van der Waals surface area contributed by atoms with E-state index < -0.39 is 0 Å². The predicted octanol–water partition coefficient (Wildman–Crippen LogP) is 2.89. The Morgan fingerprint density at radius 1 is 1.26 bits per heavy atom. The molecule has 0 saturated heterocycles. The highest BCUT2D eigenvalue weighted by Crippen LogP contribution is 2.13. The van der Waals surface area contributed by atoms with Crippen LogP contribution in [0.5, 0.6) is 0 Å². The molecule has 2 aromatic rings. The number of benzene rings is 1. The van der Waals surface area contributed by atoms with E-state index >= 15 is 0 Å². The first-order valence-corrected chi connectivity index (χ1v) is 7.22. The van der Waals surface area contributed by atoms with Gasteiger partial charge >= 0.3 is 0 Å². The Kier molecular flexibility index (Phi) is 4.58. The molecule has 3 N–H and O–H groups in total. The van der Waals surface area contributed by atoms with Crippen molar-refractivity contribution < 1.29 is 4.79 Å². The highest BCUT2D eigenvalue weighted by atomic mass is 32.1. The van der Waals surface area contributed by atoms with Gasteiger partial charge in [0.25, 0.3) is 0 Å². The average molecular weight is 274 g/mol. The smallest absolute Gasteiger partial charge is 0.220 e. The summed E-state index contributed by atoms with van der Waals surface area (Å²) in [7, 11) is 0. The van der Waals surface area contributed by atoms with Crippen LogP contribution in [0.4, 0.5) is 5.69 Å². The van der Waals surface area contributed by atoms with Gasteiger partial charge in [-0.25, -0.2) is 0 Å². The largest absolute Gasteiger partial charge is 0.399 e. The number of thiophene rings is 1. The number of aryl methyl sites for hydroxylation is 2. The molecule has 2 rings (SSSR count). The van der Waals surface area contributed by atoms with Gasteiger partial charge in [0.05, 0.1) is 0 Å². The second kappa shape index (κ2) is 6.38. The number of nitrogens with two attached hydrogens (primary N) is 1. The van der Waals surface area contributed by atoms with Gasteiger partial charge in [0.1, 0.15) is 0 Å². The van der Waals surface area contributed by atoms with Gasteiger partial charge in [-0.1, -0.05) is 12.1 Å². The number of amides is 1. The average Bonchev–Trinajstić information content (AvgIpc) is 2.81. The quantitative estimate of drug-likeness (QED) is 0.824. The molecule has 1 aromatic heterocycles. The van der Waals surface area contributed by atoms with E-state index in [2.05, 4.69) is 23.0 Å². The molecule has 1 amide bonds. The maximum Gasteiger partial charge on any atom is 0.220 e. The molecular weight excluding hydrogens is 256 g/mol. The van der Waals surface area contributed by atoms with Crippen molar-refractivity contribution in [2.75, 3.05) is 5.73 Å². The summed E-state index contributed by atoms with van der Waals surface area (Å²) in [4.78, 5) is 11.8. The fraction of sp³-hybridized carbons (Fsp3) is 0.267. The molecule has 0 atom stereocenters. The van der Waals surface area contributed by atoms with Crippen molar-refractivity contribution in [3.8, 4) is 0 Å². The van der Waals surface area contributed by atoms with Crippen LogP contribution >= 0.6 is 11.3 Å². The van der Waals surface area contributed by atoms with Crippen molar-refractivity contribution in [1.29, 1.82) is 0 Å². The minimum Gasteiger partial charge on any atom is -0.399 e. The molecule has 0 radical (unpaired) electrons. The van der Waals surface area contributed by atoms with Crippen LogP contribution in [0, 0.1) is 6.92 Å². The van der Waals surface area contributed by atoms with Crippen molar-refractivity contribution in [3.63, 3.8) is 0 Å². The number of carbonyl (C=O) groups is 1. The van der Waals surface area contributed by atoms with E-state index in [1.165, 1.54) is 11.1 Å². The Morgan fingerprint density at radius 2 is 2.00 bits per heavy atom. The first-order valence-electron chi connectivity index (χ1n) is 6.28. The third-order valence-electron chi connectivity index (χ3n) is 3.06. The molecule has 1 heterocycles. The number of hydrogen-bond acceptors (Lipinski definition) is 3. The van der Waals surface area contributed by atoms with Gasteiger partial charge in [-0.15, -0.1) is 0 Å². The summed E-state index contributed by atoms with van der Waals surface area (Å²) in [5.41, 5.74) is 9.95. The van der Waals surface area contributed by atoms with Crippen molar-refractivity contribution in [2.45, 2.75) is 26.3 Å². The summed E-state index contributed by atoms with van der Waals surface area (Å²) >= 11 is 1.67. The lowest BCUT2D eigenvalue weighted by molar-refractivity contribution is -0.121. The topological polar surface area (TPSA) is 55.1 Å². The molecule has 4 heteroatoms. The van der Waals surface area contributed by atoms with E-state index in [1.807, 2.05) is 24.3 Å². The fourth-order valence-electron chi connectivity index (χ4n) is 1.79. The highest BCUT2D eigenvalue weighted by molar-refractivity contribution is 7.08. The third kappa shape index (κ3) is 4.10. The van der Waals surface area contributed by atoms with E-state index in [0.29, 0.717) is 13.0 Å². The molecule has 0 fully saturated rings. The van der Waals surface area contributed by atoms with Crippen LogP contribution in [-0.4, -0.2) is 5.91 Å². The molecule has 19 heavy (non-hydrogen) atoms. The highest BCUT2D eigenvalue weighted by Gasteiger charge is 2.04. The fourth-order valence-corrected chi connectivity index (χ4v) is 2.65. The van der Waals surface area contributed by atoms with Crippen LogP contribution in [0.25, 0.3) is 0 Å². The van der Waals surface area contributed by atoms with Crippen molar-refractivity contribution in [2.24, 2.45) is 0 Å². The van der Waals surface area contributed by atoms with Gasteiger partial charge in [0, 0.05) is 18.7 Å². The number of nitrogens with one attached hydrogen (secondary N) is 1. The van der Waals surface area contributed by atoms with Gasteiger partial charge < -0.3 is 11.1 Å². The van der Waals surface area contributed by atoms with Crippen LogP contribution in [0.15, 0.2) is 35.0 Å². The van der Waals surface area contributed by atoms with E-state index in [9.17, 15) is 4.79 Å².